The van der Waals surface area contributed by atoms with Crippen LogP contribution in [0.3, 0.4) is 0 Å². The van der Waals surface area contributed by atoms with Crippen molar-refractivity contribution in [2.24, 2.45) is 11.8 Å². The van der Waals surface area contributed by atoms with E-state index in [1.54, 1.807) is 0 Å². The zero-order valence-electron chi connectivity index (χ0n) is 20.0. The van der Waals surface area contributed by atoms with Crippen LogP contribution in [0.1, 0.15) is 44.7 Å². The van der Waals surface area contributed by atoms with Gasteiger partial charge < -0.3 is 9.80 Å². The van der Waals surface area contributed by atoms with Gasteiger partial charge in [0.2, 0.25) is 5.91 Å². The molecule has 0 unspecified atom stereocenters. The monoisotopic (exact) mass is 521 g/mol. The highest BCUT2D eigenvalue weighted by Gasteiger charge is 2.31. The van der Waals surface area contributed by atoms with Crippen molar-refractivity contribution in [2.45, 2.75) is 39.2 Å². The molecule has 2 fully saturated rings. The lowest BCUT2D eigenvalue weighted by molar-refractivity contribution is -0.135. The average Bonchev–Trinajstić information content (AvgIpc) is 2.83. The van der Waals surface area contributed by atoms with Gasteiger partial charge >= 0.3 is 0 Å². The van der Waals surface area contributed by atoms with Crippen molar-refractivity contribution in [3.63, 3.8) is 0 Å². The van der Waals surface area contributed by atoms with Gasteiger partial charge in [0.15, 0.2) is 0 Å². The van der Waals surface area contributed by atoms with E-state index in [9.17, 15) is 4.79 Å². The topological polar surface area (TPSA) is 26.8 Å². The van der Waals surface area contributed by atoms with Crippen LogP contribution in [0.2, 0.25) is 15.1 Å². The van der Waals surface area contributed by atoms with Gasteiger partial charge in [-0.25, -0.2) is 0 Å². The third-order valence-electron chi connectivity index (χ3n) is 7.21. The fourth-order valence-corrected chi connectivity index (χ4v) is 5.83. The summed E-state index contributed by atoms with van der Waals surface area (Å²) in [6.45, 7) is 9.69. The molecule has 0 N–H and O–H groups in total. The Labute approximate surface area is 218 Å². The molecule has 0 aliphatic carbocycles. The van der Waals surface area contributed by atoms with Crippen LogP contribution in [0.4, 0.5) is 5.69 Å². The van der Waals surface area contributed by atoms with Crippen LogP contribution in [0.15, 0.2) is 42.5 Å². The number of nitrogens with zero attached hydrogens (tertiary/aromatic N) is 3. The molecule has 184 valence electrons. The normalized spacial score (nSPS) is 20.2. The molecule has 2 aliphatic rings. The van der Waals surface area contributed by atoms with Gasteiger partial charge in [-0.3, -0.25) is 9.69 Å². The molecule has 34 heavy (non-hydrogen) atoms. The average molecular weight is 523 g/mol. The van der Waals surface area contributed by atoms with Crippen molar-refractivity contribution in [1.29, 1.82) is 0 Å². The van der Waals surface area contributed by atoms with E-state index in [1.165, 1.54) is 12.0 Å². The van der Waals surface area contributed by atoms with Gasteiger partial charge in [-0.2, -0.15) is 0 Å². The van der Waals surface area contributed by atoms with E-state index in [4.69, 9.17) is 34.8 Å². The number of carbonyl (C=O) groups is 1. The quantitative estimate of drug-likeness (QED) is 0.418. The van der Waals surface area contributed by atoms with Crippen molar-refractivity contribution < 1.29 is 4.79 Å². The molecule has 1 amide bonds. The van der Waals surface area contributed by atoms with E-state index >= 15 is 0 Å². The highest BCUT2D eigenvalue weighted by atomic mass is 35.5. The minimum absolute atomic E-state index is 0.0896. The van der Waals surface area contributed by atoms with Gasteiger partial charge in [0, 0.05) is 48.7 Å². The first kappa shape index (κ1) is 25.6. The minimum Gasteiger partial charge on any atom is -0.361 e. The second-order valence-corrected chi connectivity index (χ2v) is 11.1. The minimum atomic E-state index is 0.0896. The first-order valence-electron chi connectivity index (χ1n) is 12.3. The number of piperidine rings is 1. The van der Waals surface area contributed by atoms with E-state index in [-0.39, 0.29) is 12.0 Å². The lowest BCUT2D eigenvalue weighted by Crippen LogP contribution is -2.49. The predicted molar refractivity (Wildman–Crippen MR) is 143 cm³/mol. The summed E-state index contributed by atoms with van der Waals surface area (Å²) in [7, 11) is 0. The number of anilines is 1. The first-order valence-corrected chi connectivity index (χ1v) is 13.4. The summed E-state index contributed by atoms with van der Waals surface area (Å²) in [6, 6.07) is 14.1. The molecule has 0 bridgehead atoms. The number of rotatable bonds is 6. The van der Waals surface area contributed by atoms with Gasteiger partial charge in [-0.1, -0.05) is 60.8 Å². The molecule has 2 saturated heterocycles. The molecule has 0 aromatic heterocycles. The molecular weight excluding hydrogens is 489 g/mol. The maximum Gasteiger partial charge on any atom is 0.225 e. The van der Waals surface area contributed by atoms with Gasteiger partial charge in [0.05, 0.1) is 16.8 Å². The zero-order valence-corrected chi connectivity index (χ0v) is 22.3. The molecule has 4 nitrogen and oxygen atoms in total. The Balaban J connectivity index is 1.40. The van der Waals surface area contributed by atoms with Crippen LogP contribution in [0.5, 0.6) is 0 Å². The third kappa shape index (κ3) is 6.20. The fourth-order valence-electron chi connectivity index (χ4n) is 5.19. The molecule has 4 rings (SSSR count). The molecule has 1 atom stereocenters. The number of amides is 1. The summed E-state index contributed by atoms with van der Waals surface area (Å²) in [5.41, 5.74) is 2.26. The summed E-state index contributed by atoms with van der Waals surface area (Å²) in [6.07, 6.45) is 3.40. The van der Waals surface area contributed by atoms with Crippen LogP contribution < -0.4 is 4.90 Å². The fraction of sp³-hybridized carbons (Fsp3) is 0.519. The van der Waals surface area contributed by atoms with E-state index in [0.29, 0.717) is 21.9 Å². The number of piperazine rings is 1. The van der Waals surface area contributed by atoms with Crippen LogP contribution in [-0.4, -0.2) is 55.0 Å². The maximum absolute atomic E-state index is 12.3. The summed E-state index contributed by atoms with van der Waals surface area (Å²) < 4.78 is 0. The van der Waals surface area contributed by atoms with Crippen molar-refractivity contribution in [3.8, 4) is 0 Å². The molecule has 2 heterocycles. The second-order valence-electron chi connectivity index (χ2n) is 9.87. The number of carbonyl (C=O) groups excluding carboxylic acids is 1. The van der Waals surface area contributed by atoms with E-state index < -0.39 is 0 Å². The predicted octanol–water partition coefficient (Wildman–Crippen LogP) is 6.79. The van der Waals surface area contributed by atoms with Crippen molar-refractivity contribution in [1.82, 2.24) is 9.80 Å². The number of hydrogen-bond acceptors (Lipinski definition) is 3. The largest absolute Gasteiger partial charge is 0.361 e. The van der Waals surface area contributed by atoms with Crippen molar-refractivity contribution in [2.75, 3.05) is 44.2 Å². The Hall–Kier alpha value is -1.46. The van der Waals surface area contributed by atoms with Crippen LogP contribution in [-0.2, 0) is 4.79 Å². The summed E-state index contributed by atoms with van der Waals surface area (Å²) in [5, 5.41) is 2.08. The first-order chi connectivity index (χ1) is 16.3. The molecule has 2 aromatic rings. The van der Waals surface area contributed by atoms with Crippen molar-refractivity contribution in [3.05, 3.63) is 63.1 Å². The molecular formula is C27H34Cl3N3O. The Morgan fingerprint density at radius 3 is 2.26 bits per heavy atom. The van der Waals surface area contributed by atoms with Gasteiger partial charge in [0.25, 0.3) is 0 Å². The molecule has 2 aliphatic heterocycles. The Morgan fingerprint density at radius 2 is 1.62 bits per heavy atom. The smallest absolute Gasteiger partial charge is 0.225 e. The van der Waals surface area contributed by atoms with E-state index in [0.717, 1.165) is 62.8 Å². The zero-order chi connectivity index (χ0) is 24.2. The van der Waals surface area contributed by atoms with Gasteiger partial charge in [-0.15, -0.1) is 0 Å². The highest BCUT2D eigenvalue weighted by molar-refractivity contribution is 6.36. The Bertz CT molecular complexity index is 974. The molecule has 2 aromatic carbocycles. The number of benzene rings is 2. The van der Waals surface area contributed by atoms with E-state index in [1.807, 2.05) is 49.1 Å². The standard InChI is InChI=1S/C27H34Cl3N3O/c1-19(2)27(34)32-13-10-20(11-14-32)9-12-31-15-16-33(25-8-7-23(29)17-24(25)30)26(18-31)21-3-5-22(28)6-4-21/h3-8,17,19-20,26H,9-16,18H2,1-2H3/t26-/m0/s1. The second kappa shape index (κ2) is 11.5. The molecule has 7 heteroatoms. The molecule has 0 radical (unpaired) electrons. The lowest BCUT2D eigenvalue weighted by Gasteiger charge is -2.44. The summed E-state index contributed by atoms with van der Waals surface area (Å²) in [5.74, 6) is 1.07. The summed E-state index contributed by atoms with van der Waals surface area (Å²) >= 11 is 18.9. The maximum atomic E-state index is 12.3. The van der Waals surface area contributed by atoms with Crippen LogP contribution in [0, 0.1) is 11.8 Å². The SMILES string of the molecule is CC(C)C(=O)N1CCC(CCN2CCN(c3ccc(Cl)cc3Cl)[C@H](c3ccc(Cl)cc3)C2)CC1. The van der Waals surface area contributed by atoms with Crippen LogP contribution >= 0.6 is 34.8 Å². The third-order valence-corrected chi connectivity index (χ3v) is 8.00. The number of halogens is 3. The summed E-state index contributed by atoms with van der Waals surface area (Å²) in [4.78, 5) is 19.3. The highest BCUT2D eigenvalue weighted by Crippen LogP contribution is 2.37. The van der Waals surface area contributed by atoms with E-state index in [2.05, 4.69) is 21.9 Å². The Morgan fingerprint density at radius 1 is 0.941 bits per heavy atom. The lowest BCUT2D eigenvalue weighted by atomic mass is 9.92. The molecule has 0 saturated carbocycles. The Kier molecular flexibility index (Phi) is 8.68. The van der Waals surface area contributed by atoms with Crippen LogP contribution in [0.25, 0.3) is 0 Å². The number of hydrogen-bond donors (Lipinski definition) is 0. The molecule has 0 spiro atoms. The number of likely N-dealkylation sites (tertiary alicyclic amines) is 1. The van der Waals surface area contributed by atoms with Gasteiger partial charge in [0.1, 0.15) is 0 Å². The van der Waals surface area contributed by atoms with Gasteiger partial charge in [-0.05, 0) is 67.6 Å². The van der Waals surface area contributed by atoms with Crippen molar-refractivity contribution >= 4 is 46.4 Å².